The molecule has 35 heavy (non-hydrogen) atoms. The van der Waals surface area contributed by atoms with Crippen LogP contribution in [0.5, 0.6) is 0 Å². The Labute approximate surface area is 214 Å². The topological polar surface area (TPSA) is 71.8 Å². The van der Waals surface area contributed by atoms with Crippen LogP contribution in [-0.4, -0.2) is 48.0 Å². The molecule has 3 aromatic rings. The summed E-state index contributed by atoms with van der Waals surface area (Å²) in [6, 6.07) is 7.45. The summed E-state index contributed by atoms with van der Waals surface area (Å²) in [7, 11) is -1.80. The number of piperidine rings is 1. The summed E-state index contributed by atoms with van der Waals surface area (Å²) in [6.07, 6.45) is 7.29. The van der Waals surface area contributed by atoms with Gasteiger partial charge in [0.05, 0.1) is 17.6 Å². The number of hydrogen-bond acceptors (Lipinski definition) is 5. The molecule has 7 nitrogen and oxygen atoms in total. The first-order chi connectivity index (χ1) is 16.5. The molecule has 1 unspecified atom stereocenters. The van der Waals surface area contributed by atoms with Gasteiger partial charge in [0, 0.05) is 36.6 Å². The Morgan fingerprint density at radius 3 is 2.66 bits per heavy atom. The van der Waals surface area contributed by atoms with Crippen molar-refractivity contribution in [2.75, 3.05) is 23.3 Å². The minimum atomic E-state index is -1.80. The van der Waals surface area contributed by atoms with Crippen LogP contribution in [0.15, 0.2) is 42.9 Å². The lowest BCUT2D eigenvalue weighted by atomic mass is 9.92. The molecule has 1 fully saturated rings. The van der Waals surface area contributed by atoms with E-state index in [1.165, 1.54) is 6.20 Å². The highest BCUT2D eigenvalue weighted by molar-refractivity contribution is 6.74. The van der Waals surface area contributed by atoms with Crippen molar-refractivity contribution in [1.82, 2.24) is 14.6 Å². The van der Waals surface area contributed by atoms with Gasteiger partial charge in [0.25, 0.3) is 5.91 Å². The second-order valence-electron chi connectivity index (χ2n) is 11.0. The number of amides is 1. The van der Waals surface area contributed by atoms with Crippen LogP contribution in [0.2, 0.25) is 23.2 Å². The summed E-state index contributed by atoms with van der Waals surface area (Å²) < 4.78 is 8.27. The number of halogens is 1. The minimum Gasteiger partial charge on any atom is -0.414 e. The van der Waals surface area contributed by atoms with Crippen molar-refractivity contribution in [2.24, 2.45) is 5.92 Å². The van der Waals surface area contributed by atoms with Crippen LogP contribution in [0.4, 0.5) is 11.4 Å². The Bertz CT molecular complexity index is 1200. The molecule has 1 atom stereocenters. The molecule has 1 aliphatic heterocycles. The summed E-state index contributed by atoms with van der Waals surface area (Å²) in [4.78, 5) is 19.7. The zero-order chi connectivity index (χ0) is 25.4. The Balaban J connectivity index is 1.46. The molecule has 1 N–H and O–H groups in total. The van der Waals surface area contributed by atoms with Crippen molar-refractivity contribution in [2.45, 2.75) is 64.8 Å². The van der Waals surface area contributed by atoms with E-state index in [2.05, 4.69) is 61.1 Å². The van der Waals surface area contributed by atoms with Crippen LogP contribution >= 0.6 is 11.6 Å². The highest BCUT2D eigenvalue weighted by atomic mass is 35.5. The summed E-state index contributed by atoms with van der Waals surface area (Å²) >= 11 is 6.31. The lowest BCUT2D eigenvalue weighted by Crippen LogP contribution is -2.47. The molecule has 0 bridgehead atoms. The van der Waals surface area contributed by atoms with Crippen LogP contribution in [0, 0.1) is 5.92 Å². The van der Waals surface area contributed by atoms with E-state index in [-0.39, 0.29) is 17.0 Å². The average Bonchev–Trinajstić information content (AvgIpc) is 3.23. The standard InChI is InChI=1S/C26H36ClN5O2Si/c1-18(34-35(5,6)26(2,3)4)19-10-14-31(15-11-19)23-9-8-20(27)16-22(23)30-25(33)21-17-29-32-13-7-12-28-24(21)32/h7-9,12-13,16-19H,10-11,14-15H2,1-6H3,(H,30,33). The van der Waals surface area contributed by atoms with Crippen molar-refractivity contribution < 1.29 is 9.22 Å². The van der Waals surface area contributed by atoms with Gasteiger partial charge in [-0.2, -0.15) is 5.10 Å². The number of anilines is 2. The Hall–Kier alpha value is -2.42. The lowest BCUT2D eigenvalue weighted by molar-refractivity contribution is 0.102. The first kappa shape index (κ1) is 25.7. The molecule has 9 heteroatoms. The quantitative estimate of drug-likeness (QED) is 0.394. The van der Waals surface area contributed by atoms with Gasteiger partial charge >= 0.3 is 0 Å². The van der Waals surface area contributed by atoms with Crippen molar-refractivity contribution in [3.63, 3.8) is 0 Å². The van der Waals surface area contributed by atoms with Gasteiger partial charge in [0.2, 0.25) is 0 Å². The van der Waals surface area contributed by atoms with Crippen molar-refractivity contribution >= 4 is 42.8 Å². The van der Waals surface area contributed by atoms with Crippen molar-refractivity contribution in [1.29, 1.82) is 0 Å². The highest BCUT2D eigenvalue weighted by Gasteiger charge is 2.40. The third-order valence-electron chi connectivity index (χ3n) is 7.56. The van der Waals surface area contributed by atoms with Gasteiger partial charge in [-0.15, -0.1) is 0 Å². The number of carbonyl (C=O) groups excluding carboxylic acids is 1. The number of aromatic nitrogens is 3. The number of nitrogens with one attached hydrogen (secondary N) is 1. The van der Waals surface area contributed by atoms with Gasteiger partial charge in [-0.3, -0.25) is 4.79 Å². The van der Waals surface area contributed by atoms with E-state index in [0.29, 0.717) is 27.8 Å². The average molecular weight is 514 g/mol. The van der Waals surface area contributed by atoms with Gasteiger partial charge < -0.3 is 14.6 Å². The maximum atomic E-state index is 13.1. The SMILES string of the molecule is CC(O[Si](C)(C)C(C)(C)C)C1CCN(c2ccc(Cl)cc2NC(=O)c2cnn3cccnc23)CC1. The van der Waals surface area contributed by atoms with Gasteiger partial charge in [-0.05, 0) is 68.1 Å². The van der Waals surface area contributed by atoms with E-state index in [1.807, 2.05) is 18.2 Å². The molecule has 1 aliphatic rings. The van der Waals surface area contributed by atoms with E-state index >= 15 is 0 Å². The Kier molecular flexibility index (Phi) is 7.27. The summed E-state index contributed by atoms with van der Waals surface area (Å²) in [5.41, 5.74) is 2.61. The molecule has 4 rings (SSSR count). The maximum Gasteiger partial charge on any atom is 0.261 e. The molecule has 0 spiro atoms. The fourth-order valence-corrected chi connectivity index (χ4v) is 6.06. The number of nitrogens with zero attached hydrogens (tertiary/aromatic N) is 4. The number of hydrogen-bond donors (Lipinski definition) is 1. The minimum absolute atomic E-state index is 0.203. The molecule has 2 aromatic heterocycles. The maximum absolute atomic E-state index is 13.1. The van der Waals surface area contributed by atoms with E-state index in [9.17, 15) is 4.79 Å². The normalized spacial score (nSPS) is 16.5. The van der Waals surface area contributed by atoms with Crippen LogP contribution in [0.25, 0.3) is 5.65 Å². The number of rotatable bonds is 6. The monoisotopic (exact) mass is 513 g/mol. The van der Waals surface area contributed by atoms with E-state index < -0.39 is 8.32 Å². The molecule has 3 heterocycles. The fraction of sp³-hybridized carbons (Fsp3) is 0.500. The number of fused-ring (bicyclic) bond motifs is 1. The Morgan fingerprint density at radius 1 is 1.26 bits per heavy atom. The fourth-order valence-electron chi connectivity index (χ4n) is 4.41. The van der Waals surface area contributed by atoms with Crippen molar-refractivity contribution in [3.05, 3.63) is 53.4 Å². The van der Waals surface area contributed by atoms with E-state index in [1.54, 1.807) is 23.0 Å². The van der Waals surface area contributed by atoms with Gasteiger partial charge in [0.1, 0.15) is 5.56 Å². The van der Waals surface area contributed by atoms with E-state index in [4.69, 9.17) is 16.0 Å². The predicted molar refractivity (Wildman–Crippen MR) is 145 cm³/mol. The third kappa shape index (κ3) is 5.55. The van der Waals surface area contributed by atoms with Crippen LogP contribution in [0.3, 0.4) is 0 Å². The van der Waals surface area contributed by atoms with Gasteiger partial charge in [-0.25, -0.2) is 9.50 Å². The molecule has 0 radical (unpaired) electrons. The van der Waals surface area contributed by atoms with Crippen molar-refractivity contribution in [3.8, 4) is 0 Å². The number of benzene rings is 1. The molecule has 0 aliphatic carbocycles. The third-order valence-corrected chi connectivity index (χ3v) is 12.4. The Morgan fingerprint density at radius 2 is 1.97 bits per heavy atom. The molecule has 1 amide bonds. The van der Waals surface area contributed by atoms with E-state index in [0.717, 1.165) is 31.6 Å². The second kappa shape index (κ2) is 9.91. The van der Waals surface area contributed by atoms with Gasteiger partial charge in [-0.1, -0.05) is 32.4 Å². The van der Waals surface area contributed by atoms with Gasteiger partial charge in [0.15, 0.2) is 14.0 Å². The molecule has 188 valence electrons. The molecular weight excluding hydrogens is 478 g/mol. The molecular formula is C26H36ClN5O2Si. The second-order valence-corrected chi connectivity index (χ2v) is 16.2. The largest absolute Gasteiger partial charge is 0.414 e. The summed E-state index contributed by atoms with van der Waals surface area (Å²) in [5, 5.41) is 8.05. The smallest absolute Gasteiger partial charge is 0.261 e. The summed E-state index contributed by atoms with van der Waals surface area (Å²) in [6.45, 7) is 15.5. The van der Waals surface area contributed by atoms with Crippen LogP contribution < -0.4 is 10.2 Å². The van der Waals surface area contributed by atoms with Crippen LogP contribution in [-0.2, 0) is 4.43 Å². The molecule has 0 saturated carbocycles. The zero-order valence-electron chi connectivity index (χ0n) is 21.5. The highest BCUT2D eigenvalue weighted by Crippen LogP contribution is 2.39. The zero-order valence-corrected chi connectivity index (χ0v) is 23.3. The van der Waals surface area contributed by atoms with Crippen LogP contribution in [0.1, 0.15) is 50.9 Å². The lowest BCUT2D eigenvalue weighted by Gasteiger charge is -2.43. The first-order valence-electron chi connectivity index (χ1n) is 12.3. The number of carbonyl (C=O) groups is 1. The first-order valence-corrected chi connectivity index (χ1v) is 15.6. The summed E-state index contributed by atoms with van der Waals surface area (Å²) in [5.74, 6) is 0.268. The molecule has 1 saturated heterocycles. The predicted octanol–water partition coefficient (Wildman–Crippen LogP) is 6.26. The molecule has 1 aromatic carbocycles.